The minimum absolute atomic E-state index is 0.108. The van der Waals surface area contributed by atoms with Gasteiger partial charge in [-0.05, 0) is 71.5 Å². The predicted octanol–water partition coefficient (Wildman–Crippen LogP) is 6.17. The molecular weight excluding hydrogens is 338 g/mol. The van der Waals surface area contributed by atoms with Gasteiger partial charge < -0.3 is 4.74 Å². The van der Waals surface area contributed by atoms with E-state index in [4.69, 9.17) is 4.74 Å². The fraction of sp³-hybridized carbons (Fsp3) is 0.696. The average Bonchev–Trinajstić information content (AvgIpc) is 2.59. The Morgan fingerprint density at radius 2 is 1.88 bits per heavy atom. The van der Waals surface area contributed by atoms with Crippen LogP contribution in [0.2, 0.25) is 0 Å². The molecule has 0 amide bonds. The Balaban J connectivity index is 1.85. The third kappa shape index (κ3) is 2.37. The van der Waals surface area contributed by atoms with Crippen molar-refractivity contribution in [2.45, 2.75) is 70.1 Å². The lowest BCUT2D eigenvalue weighted by Crippen LogP contribution is -2.58. The first kappa shape index (κ1) is 18.2. The second-order valence-corrected chi connectivity index (χ2v) is 10.9. The summed E-state index contributed by atoms with van der Waals surface area (Å²) in [6.07, 6.45) is 6.54. The molecule has 2 fully saturated rings. The second-order valence-electron chi connectivity index (χ2n) is 9.88. The fourth-order valence-electron chi connectivity index (χ4n) is 7.00. The Morgan fingerprint density at radius 3 is 2.58 bits per heavy atom. The largest absolute Gasteiger partial charge is 0.497 e. The number of ether oxygens (including phenoxy) is 1. The van der Waals surface area contributed by atoms with E-state index in [0.717, 1.165) is 17.2 Å². The molecule has 0 unspecified atom stereocenters. The van der Waals surface area contributed by atoms with Gasteiger partial charge in [0.2, 0.25) is 0 Å². The van der Waals surface area contributed by atoms with Crippen molar-refractivity contribution in [3.63, 3.8) is 0 Å². The minimum atomic E-state index is 0.108. The van der Waals surface area contributed by atoms with Gasteiger partial charge in [-0.1, -0.05) is 34.1 Å². The number of rotatable bonds is 1. The van der Waals surface area contributed by atoms with Crippen LogP contribution in [0.5, 0.6) is 5.75 Å². The van der Waals surface area contributed by atoms with Crippen LogP contribution in [0.3, 0.4) is 0 Å². The Hall–Kier alpha value is -1.14. The van der Waals surface area contributed by atoms with Gasteiger partial charge >= 0.3 is 0 Å². The molecule has 3 aliphatic rings. The molecule has 4 atom stereocenters. The average molecular weight is 370 g/mol. The lowest BCUT2D eigenvalue weighted by molar-refractivity contribution is -0.0974. The quantitative estimate of drug-likeness (QED) is 0.593. The van der Waals surface area contributed by atoms with Crippen LogP contribution in [0.4, 0.5) is 0 Å². The maximum Gasteiger partial charge on any atom is 0.121 e. The van der Waals surface area contributed by atoms with E-state index in [9.17, 15) is 5.26 Å². The summed E-state index contributed by atoms with van der Waals surface area (Å²) in [5.74, 6) is 3.43. The molecule has 2 aliphatic carbocycles. The Kier molecular flexibility index (Phi) is 4.16. The monoisotopic (exact) mass is 369 g/mol. The molecule has 0 radical (unpaired) electrons. The molecule has 0 saturated heterocycles. The molecule has 1 aliphatic heterocycles. The first-order chi connectivity index (χ1) is 12.3. The van der Waals surface area contributed by atoms with E-state index in [1.807, 2.05) is 17.8 Å². The summed E-state index contributed by atoms with van der Waals surface area (Å²) in [6.45, 7) is 10.0. The highest BCUT2D eigenvalue weighted by Gasteiger charge is 2.60. The highest BCUT2D eigenvalue weighted by atomic mass is 32.2. The molecule has 140 valence electrons. The molecule has 0 spiro atoms. The van der Waals surface area contributed by atoms with Crippen LogP contribution in [0.1, 0.15) is 70.9 Å². The van der Waals surface area contributed by atoms with Crippen molar-refractivity contribution in [1.29, 1.82) is 5.26 Å². The summed E-state index contributed by atoms with van der Waals surface area (Å²) in [4.78, 5) is 1.27. The van der Waals surface area contributed by atoms with Gasteiger partial charge in [0.1, 0.15) is 5.75 Å². The summed E-state index contributed by atoms with van der Waals surface area (Å²) in [5.41, 5.74) is 3.07. The zero-order valence-corrected chi connectivity index (χ0v) is 17.6. The van der Waals surface area contributed by atoms with E-state index < -0.39 is 0 Å². The first-order valence-electron chi connectivity index (χ1n) is 10.0. The van der Waals surface area contributed by atoms with Crippen LogP contribution in [-0.2, 0) is 5.41 Å². The van der Waals surface area contributed by atoms with E-state index in [1.54, 1.807) is 7.11 Å². The van der Waals surface area contributed by atoms with Gasteiger partial charge in [0, 0.05) is 10.6 Å². The van der Waals surface area contributed by atoms with Crippen LogP contribution in [-0.4, -0.2) is 12.9 Å². The summed E-state index contributed by atoms with van der Waals surface area (Å²) < 4.78 is 5.46. The summed E-state index contributed by atoms with van der Waals surface area (Å²) in [5, 5.41) is 9.88. The van der Waals surface area contributed by atoms with E-state index in [0.29, 0.717) is 16.7 Å². The summed E-state index contributed by atoms with van der Waals surface area (Å²) in [6, 6.07) is 6.60. The number of methoxy groups -OCH3 is 1. The molecule has 2 nitrogen and oxygen atoms in total. The van der Waals surface area contributed by atoms with Crippen LogP contribution >= 0.6 is 11.8 Å². The van der Waals surface area contributed by atoms with Crippen molar-refractivity contribution >= 4 is 11.8 Å². The minimum Gasteiger partial charge on any atom is -0.497 e. The highest BCUT2D eigenvalue weighted by Crippen LogP contribution is 2.67. The standard InChI is InChI=1S/C23H31NOS/c1-21(2)8-6-9-22(3)18(21)7-10-23(4)19(22)14-26-17-12-16(25-5)11-15(13-24)20(17)23/h11-12,18-19H,6-10,14H2,1-5H3/t18-,19+,22-,23+/m0/s1. The smallest absolute Gasteiger partial charge is 0.121 e. The van der Waals surface area contributed by atoms with Crippen molar-refractivity contribution in [3.8, 4) is 11.8 Å². The maximum absolute atomic E-state index is 9.88. The van der Waals surface area contributed by atoms with Crippen molar-refractivity contribution in [1.82, 2.24) is 0 Å². The number of benzene rings is 1. The molecule has 0 aromatic heterocycles. The summed E-state index contributed by atoms with van der Waals surface area (Å²) >= 11 is 1.96. The van der Waals surface area contributed by atoms with Gasteiger partial charge in [0.25, 0.3) is 0 Å². The van der Waals surface area contributed by atoms with Gasteiger partial charge in [-0.25, -0.2) is 0 Å². The zero-order valence-electron chi connectivity index (χ0n) is 16.8. The molecule has 3 heteroatoms. The number of thioether (sulfide) groups is 1. The SMILES string of the molecule is COc1cc(C#N)c2c(c1)SC[C@@H]1[C@@]3(C)CCCC(C)(C)[C@@H]3CC[C@@]21C. The molecule has 26 heavy (non-hydrogen) atoms. The van der Waals surface area contributed by atoms with E-state index in [1.165, 1.54) is 48.3 Å². The van der Waals surface area contributed by atoms with Crippen molar-refractivity contribution in [3.05, 3.63) is 23.3 Å². The zero-order chi connectivity index (χ0) is 18.7. The predicted molar refractivity (Wildman–Crippen MR) is 108 cm³/mol. The maximum atomic E-state index is 9.88. The first-order valence-corrected chi connectivity index (χ1v) is 11.0. The molecule has 0 bridgehead atoms. The van der Waals surface area contributed by atoms with Crippen molar-refractivity contribution < 1.29 is 4.74 Å². The molecule has 2 saturated carbocycles. The van der Waals surface area contributed by atoms with Crippen LogP contribution in [0.15, 0.2) is 17.0 Å². The van der Waals surface area contributed by atoms with Gasteiger partial charge in [-0.2, -0.15) is 5.26 Å². The third-order valence-electron chi connectivity index (χ3n) is 8.20. The van der Waals surface area contributed by atoms with E-state index in [-0.39, 0.29) is 5.41 Å². The lowest BCUT2D eigenvalue weighted by Gasteiger charge is -2.64. The van der Waals surface area contributed by atoms with Crippen LogP contribution in [0, 0.1) is 34.0 Å². The molecule has 4 rings (SSSR count). The lowest BCUT2D eigenvalue weighted by atomic mass is 9.42. The number of hydrogen-bond donors (Lipinski definition) is 0. The number of fused-ring (bicyclic) bond motifs is 5. The van der Waals surface area contributed by atoms with Crippen LogP contribution < -0.4 is 4.74 Å². The Labute approximate surface area is 162 Å². The summed E-state index contributed by atoms with van der Waals surface area (Å²) in [7, 11) is 1.69. The van der Waals surface area contributed by atoms with Gasteiger partial charge in [-0.15, -0.1) is 11.8 Å². The normalized spacial score (nSPS) is 37.7. The molecule has 0 N–H and O–H groups in total. The molecular formula is C23H31NOS. The van der Waals surface area contributed by atoms with E-state index >= 15 is 0 Å². The topological polar surface area (TPSA) is 33.0 Å². The van der Waals surface area contributed by atoms with Crippen molar-refractivity contribution in [2.24, 2.45) is 22.7 Å². The van der Waals surface area contributed by atoms with Gasteiger partial charge in [0.15, 0.2) is 0 Å². The highest BCUT2D eigenvalue weighted by molar-refractivity contribution is 7.99. The number of hydrogen-bond acceptors (Lipinski definition) is 3. The van der Waals surface area contributed by atoms with E-state index in [2.05, 4.69) is 39.8 Å². The van der Waals surface area contributed by atoms with Crippen LogP contribution in [0.25, 0.3) is 0 Å². The van der Waals surface area contributed by atoms with Gasteiger partial charge in [-0.3, -0.25) is 0 Å². The third-order valence-corrected chi connectivity index (χ3v) is 9.33. The number of nitriles is 1. The number of nitrogens with zero attached hydrogens (tertiary/aromatic N) is 1. The Bertz CT molecular complexity index is 779. The molecule has 1 aromatic carbocycles. The molecule has 1 heterocycles. The molecule has 1 aromatic rings. The van der Waals surface area contributed by atoms with Gasteiger partial charge in [0.05, 0.1) is 18.7 Å². The Morgan fingerprint density at radius 1 is 1.12 bits per heavy atom. The fourth-order valence-corrected chi connectivity index (χ4v) is 8.78. The second kappa shape index (κ2) is 5.93. The van der Waals surface area contributed by atoms with Crippen molar-refractivity contribution in [2.75, 3.05) is 12.9 Å².